The van der Waals surface area contributed by atoms with Gasteiger partial charge < -0.3 is 35.4 Å². The molecule has 2 unspecified atom stereocenters. The second-order valence-corrected chi connectivity index (χ2v) is 12.3. The zero-order chi connectivity index (χ0) is 22.2. The third kappa shape index (κ3) is 8.78. The van der Waals surface area contributed by atoms with E-state index in [2.05, 4.69) is 61.4 Å². The minimum absolute atomic E-state index is 0.117. The standard InChI is InChI=1S/C12H24O4Si.C4H12O4Si.HPS/c1-9-7-11(3,4)15-17(13-9)14-10(2)8-12(5,6)16-17;1-5-9(6-2,7-3)8-4;1-2/h9-10H,7-8H2,1-6H3;1-4H3;1H. The third-order valence-corrected chi connectivity index (χ3v) is 9.04. The van der Waals surface area contributed by atoms with Gasteiger partial charge in [0.15, 0.2) is 0 Å². The van der Waals surface area contributed by atoms with Gasteiger partial charge in [-0.05, 0) is 62.4 Å². The molecule has 2 heterocycles. The lowest BCUT2D eigenvalue weighted by Gasteiger charge is -2.50. The Kier molecular flexibility index (Phi) is 12.1. The molecule has 2 saturated heterocycles. The molecule has 0 aliphatic carbocycles. The number of hydrogen-bond donors (Lipinski definition) is 0. The van der Waals surface area contributed by atoms with E-state index in [-0.39, 0.29) is 23.4 Å². The van der Waals surface area contributed by atoms with E-state index in [9.17, 15) is 0 Å². The van der Waals surface area contributed by atoms with Crippen LogP contribution in [0.3, 0.4) is 0 Å². The summed E-state index contributed by atoms with van der Waals surface area (Å²) in [6, 6.07) is 0. The van der Waals surface area contributed by atoms with E-state index < -0.39 is 18.1 Å². The molecule has 2 aliphatic rings. The van der Waals surface area contributed by atoms with Crippen LogP contribution >= 0.6 is 8.02 Å². The Morgan fingerprint density at radius 1 is 0.786 bits per heavy atom. The van der Waals surface area contributed by atoms with Crippen molar-refractivity contribution < 1.29 is 35.4 Å². The molecule has 0 aromatic carbocycles. The van der Waals surface area contributed by atoms with Crippen molar-refractivity contribution in [3.05, 3.63) is 0 Å². The Labute approximate surface area is 179 Å². The third-order valence-electron chi connectivity index (χ3n) is 4.05. The van der Waals surface area contributed by atoms with Crippen molar-refractivity contribution in [3.63, 3.8) is 0 Å². The van der Waals surface area contributed by atoms with Gasteiger partial charge >= 0.3 is 18.1 Å². The van der Waals surface area contributed by atoms with Crippen LogP contribution in [0, 0.1) is 0 Å². The van der Waals surface area contributed by atoms with Crippen molar-refractivity contribution >= 4 is 37.9 Å². The molecule has 2 fully saturated rings. The first-order valence-corrected chi connectivity index (χ1v) is 13.9. The van der Waals surface area contributed by atoms with Gasteiger partial charge in [0, 0.05) is 28.4 Å². The van der Waals surface area contributed by atoms with E-state index in [4.69, 9.17) is 35.4 Å². The molecule has 0 radical (unpaired) electrons. The Bertz CT molecular complexity index is 420. The van der Waals surface area contributed by atoms with Gasteiger partial charge in [0.05, 0.1) is 23.4 Å². The highest BCUT2D eigenvalue weighted by Gasteiger charge is 2.60. The molecule has 0 aromatic rings. The molecule has 0 N–H and O–H groups in total. The van der Waals surface area contributed by atoms with Crippen LogP contribution in [0.15, 0.2) is 0 Å². The summed E-state index contributed by atoms with van der Waals surface area (Å²) < 4.78 is 43.4. The quantitative estimate of drug-likeness (QED) is 0.449. The van der Waals surface area contributed by atoms with E-state index in [0.29, 0.717) is 0 Å². The minimum Gasteiger partial charge on any atom is -0.355 e. The Morgan fingerprint density at radius 2 is 1.07 bits per heavy atom. The molecular weight excluding hydrogens is 439 g/mol. The second kappa shape index (κ2) is 11.9. The summed E-state index contributed by atoms with van der Waals surface area (Å²) in [6.07, 6.45) is 1.96. The largest absolute Gasteiger partial charge is 0.681 e. The molecule has 0 aromatic heterocycles. The fourth-order valence-electron chi connectivity index (χ4n) is 3.37. The van der Waals surface area contributed by atoms with Crippen LogP contribution in [0.5, 0.6) is 0 Å². The zero-order valence-corrected chi connectivity index (χ0v) is 22.6. The van der Waals surface area contributed by atoms with E-state index in [1.165, 1.54) is 28.4 Å². The highest BCUT2D eigenvalue weighted by molar-refractivity contribution is 7.88. The summed E-state index contributed by atoms with van der Waals surface area (Å²) in [5, 5.41) is 0. The lowest BCUT2D eigenvalue weighted by atomic mass is 10.0. The van der Waals surface area contributed by atoms with Crippen LogP contribution in [-0.4, -0.2) is 69.9 Å². The Hall–Kier alpha value is 0.634. The van der Waals surface area contributed by atoms with Crippen LogP contribution in [0.4, 0.5) is 0 Å². The second-order valence-electron chi connectivity index (χ2n) is 7.81. The van der Waals surface area contributed by atoms with Crippen molar-refractivity contribution in [2.24, 2.45) is 0 Å². The Balaban J connectivity index is 0.000000566. The molecule has 168 valence electrons. The van der Waals surface area contributed by atoms with Crippen molar-refractivity contribution in [2.75, 3.05) is 28.4 Å². The molecule has 0 saturated carbocycles. The van der Waals surface area contributed by atoms with Gasteiger partial charge in [-0.2, -0.15) is 0 Å². The average Bonchev–Trinajstić information content (AvgIpc) is 2.55. The average molecular weight is 477 g/mol. The van der Waals surface area contributed by atoms with Crippen LogP contribution in [0.2, 0.25) is 0 Å². The molecule has 2 atom stereocenters. The van der Waals surface area contributed by atoms with Gasteiger partial charge in [-0.1, -0.05) is 11.8 Å². The molecule has 2 rings (SSSR count). The van der Waals surface area contributed by atoms with Crippen LogP contribution in [-0.2, 0) is 47.2 Å². The highest BCUT2D eigenvalue weighted by Crippen LogP contribution is 2.40. The molecular formula is C16H37O8PSSi2. The first-order valence-electron chi connectivity index (χ1n) is 9.03. The van der Waals surface area contributed by atoms with E-state index in [0.717, 1.165) is 12.8 Å². The van der Waals surface area contributed by atoms with Gasteiger partial charge in [-0.25, -0.2) is 0 Å². The predicted octanol–water partition coefficient (Wildman–Crippen LogP) is 3.23. The summed E-state index contributed by atoms with van der Waals surface area (Å²) in [5.41, 5.74) is -0.478. The van der Waals surface area contributed by atoms with Crippen molar-refractivity contribution in [3.8, 4) is 0 Å². The van der Waals surface area contributed by atoms with Gasteiger partial charge in [0.2, 0.25) is 0 Å². The lowest BCUT2D eigenvalue weighted by molar-refractivity contribution is -0.201. The van der Waals surface area contributed by atoms with Crippen molar-refractivity contribution in [2.45, 2.75) is 77.8 Å². The highest BCUT2D eigenvalue weighted by atomic mass is 32.4. The molecule has 8 nitrogen and oxygen atoms in total. The summed E-state index contributed by atoms with van der Waals surface area (Å²) in [4.78, 5) is 0. The summed E-state index contributed by atoms with van der Waals surface area (Å²) >= 11 is 3.89. The minimum atomic E-state index is -2.97. The van der Waals surface area contributed by atoms with Gasteiger partial charge in [0.25, 0.3) is 0 Å². The molecule has 12 heteroatoms. The van der Waals surface area contributed by atoms with Crippen LogP contribution in [0.1, 0.15) is 54.4 Å². The van der Waals surface area contributed by atoms with Crippen molar-refractivity contribution in [1.82, 2.24) is 0 Å². The smallest absolute Gasteiger partial charge is 0.355 e. The predicted molar refractivity (Wildman–Crippen MR) is 116 cm³/mol. The summed E-state index contributed by atoms with van der Waals surface area (Å²) in [6.45, 7) is 12.4. The van der Waals surface area contributed by atoms with E-state index in [1.54, 1.807) is 0 Å². The molecule has 1 spiro atoms. The molecule has 28 heavy (non-hydrogen) atoms. The topological polar surface area (TPSA) is 73.8 Å². The number of rotatable bonds is 4. The maximum Gasteiger partial charge on any atom is 0.681 e. The maximum absolute atomic E-state index is 6.05. The molecule has 0 bridgehead atoms. The van der Waals surface area contributed by atoms with E-state index >= 15 is 0 Å². The summed E-state index contributed by atoms with van der Waals surface area (Å²) in [7, 11) is 2.85. The van der Waals surface area contributed by atoms with Crippen LogP contribution in [0.25, 0.3) is 0 Å². The lowest BCUT2D eigenvalue weighted by Crippen LogP contribution is -2.66. The molecule has 0 amide bonds. The first-order chi connectivity index (χ1) is 12.9. The fourth-order valence-corrected chi connectivity index (χ4v) is 7.33. The monoisotopic (exact) mass is 476 g/mol. The zero-order valence-electron chi connectivity index (χ0n) is 18.7. The number of hydrogen-bond acceptors (Lipinski definition) is 9. The first kappa shape index (κ1) is 28.6. The van der Waals surface area contributed by atoms with Gasteiger partial charge in [-0.3, -0.25) is 0 Å². The van der Waals surface area contributed by atoms with E-state index in [1.807, 2.05) is 0 Å². The Morgan fingerprint density at radius 3 is 1.25 bits per heavy atom. The van der Waals surface area contributed by atoms with Crippen molar-refractivity contribution in [1.29, 1.82) is 0 Å². The summed E-state index contributed by atoms with van der Waals surface area (Å²) in [5.74, 6) is 0. The van der Waals surface area contributed by atoms with Gasteiger partial charge in [0.1, 0.15) is 0 Å². The molecule has 2 aliphatic heterocycles. The SMILES string of the molecule is CC1CC(C)(C)O[Si]2(O1)OC(C)CC(C)(C)O2.CO[Si](OC)(OC)OC.P=S. The van der Waals surface area contributed by atoms with Gasteiger partial charge in [-0.15, -0.1) is 0 Å². The normalized spacial score (nSPS) is 31.2. The van der Waals surface area contributed by atoms with Crippen LogP contribution < -0.4 is 0 Å². The fraction of sp³-hybridized carbons (Fsp3) is 1.00. The maximum atomic E-state index is 6.05.